The van der Waals surface area contributed by atoms with Crippen LogP contribution in [0, 0.1) is 0 Å². The van der Waals surface area contributed by atoms with Gasteiger partial charge < -0.3 is 4.52 Å². The number of aromatic nitrogens is 2. The molecule has 0 N–H and O–H groups in total. The van der Waals surface area contributed by atoms with E-state index < -0.39 is 15.1 Å². The normalized spacial score (nSPS) is 13.5. The molecule has 1 aromatic heterocycles. The van der Waals surface area contributed by atoms with Crippen LogP contribution in [0.2, 0.25) is 0 Å². The largest absolute Gasteiger partial charge is 0.338 e. The van der Waals surface area contributed by atoms with Gasteiger partial charge in [-0.1, -0.05) is 61.5 Å². The van der Waals surface area contributed by atoms with Crippen LogP contribution in [0.1, 0.15) is 49.2 Å². The van der Waals surface area contributed by atoms with E-state index in [0.29, 0.717) is 5.82 Å². The molecular formula is C18H20N2O3S. The Labute approximate surface area is 141 Å². The van der Waals surface area contributed by atoms with Gasteiger partial charge in [-0.05, 0) is 23.3 Å². The van der Waals surface area contributed by atoms with E-state index in [9.17, 15) is 8.42 Å². The standard InChI is InChI=1S/C18H20N2O3S/c1-12(2)17-19-18(23-20-17)13(3)24(21,22)11-15-9-6-8-14-7-4-5-10-16(14)15/h4-10,12-13H,11H2,1-3H3/t13-/m1/s1. The van der Waals surface area contributed by atoms with Gasteiger partial charge in [-0.25, -0.2) is 8.42 Å². The maximum absolute atomic E-state index is 12.8. The molecule has 0 amide bonds. The Morgan fingerprint density at radius 1 is 1.04 bits per heavy atom. The molecule has 1 atom stereocenters. The van der Waals surface area contributed by atoms with Gasteiger partial charge in [0.2, 0.25) is 5.89 Å². The van der Waals surface area contributed by atoms with Crippen molar-refractivity contribution in [1.29, 1.82) is 0 Å². The van der Waals surface area contributed by atoms with Gasteiger partial charge in [0, 0.05) is 5.92 Å². The van der Waals surface area contributed by atoms with Crippen molar-refractivity contribution in [3.05, 3.63) is 59.7 Å². The van der Waals surface area contributed by atoms with Crippen molar-refractivity contribution >= 4 is 20.6 Å². The summed E-state index contributed by atoms with van der Waals surface area (Å²) in [6.45, 7) is 5.46. The maximum Gasteiger partial charge on any atom is 0.244 e. The number of sulfone groups is 1. The van der Waals surface area contributed by atoms with Crippen LogP contribution < -0.4 is 0 Å². The highest BCUT2D eigenvalue weighted by atomic mass is 32.2. The summed E-state index contributed by atoms with van der Waals surface area (Å²) in [7, 11) is -3.47. The second-order valence-electron chi connectivity index (χ2n) is 6.23. The lowest BCUT2D eigenvalue weighted by Crippen LogP contribution is -2.13. The molecule has 0 saturated heterocycles. The van der Waals surface area contributed by atoms with E-state index >= 15 is 0 Å². The summed E-state index contributed by atoms with van der Waals surface area (Å²) >= 11 is 0. The lowest BCUT2D eigenvalue weighted by atomic mass is 10.1. The molecule has 5 nitrogen and oxygen atoms in total. The van der Waals surface area contributed by atoms with Gasteiger partial charge in [0.25, 0.3) is 0 Å². The van der Waals surface area contributed by atoms with Gasteiger partial charge in [0.1, 0.15) is 5.25 Å². The summed E-state index contributed by atoms with van der Waals surface area (Å²) in [6.07, 6.45) is 0. The predicted molar refractivity (Wildman–Crippen MR) is 93.4 cm³/mol. The van der Waals surface area contributed by atoms with E-state index in [4.69, 9.17) is 4.52 Å². The first kappa shape index (κ1) is 16.6. The minimum absolute atomic E-state index is 0.0606. The fourth-order valence-corrected chi connectivity index (χ4v) is 3.90. The Morgan fingerprint density at radius 3 is 2.46 bits per heavy atom. The summed E-state index contributed by atoms with van der Waals surface area (Å²) < 4.78 is 30.7. The van der Waals surface area contributed by atoms with Crippen LogP contribution in [0.3, 0.4) is 0 Å². The highest BCUT2D eigenvalue weighted by molar-refractivity contribution is 7.90. The lowest BCUT2D eigenvalue weighted by molar-refractivity contribution is 0.369. The van der Waals surface area contributed by atoms with Gasteiger partial charge in [0.05, 0.1) is 5.75 Å². The average molecular weight is 344 g/mol. The monoisotopic (exact) mass is 344 g/mol. The van der Waals surface area contributed by atoms with Gasteiger partial charge >= 0.3 is 0 Å². The van der Waals surface area contributed by atoms with E-state index in [2.05, 4.69) is 10.1 Å². The summed E-state index contributed by atoms with van der Waals surface area (Å²) in [5.41, 5.74) is 0.781. The Bertz CT molecular complexity index is 956. The zero-order valence-electron chi connectivity index (χ0n) is 13.9. The topological polar surface area (TPSA) is 73.1 Å². The molecule has 0 spiro atoms. The molecule has 0 fully saturated rings. The molecule has 3 rings (SSSR count). The van der Waals surface area contributed by atoms with Gasteiger partial charge in [-0.3, -0.25) is 0 Å². The molecule has 2 aromatic carbocycles. The summed E-state index contributed by atoms with van der Waals surface area (Å²) in [5, 5.41) is 4.99. The van der Waals surface area contributed by atoms with Gasteiger partial charge in [0.15, 0.2) is 15.7 Å². The molecule has 0 aliphatic heterocycles. The van der Waals surface area contributed by atoms with Crippen LogP contribution >= 0.6 is 0 Å². The molecule has 0 radical (unpaired) electrons. The first-order chi connectivity index (χ1) is 11.4. The molecule has 0 aliphatic carbocycles. The average Bonchev–Trinajstić information content (AvgIpc) is 3.04. The zero-order chi connectivity index (χ0) is 17.3. The van der Waals surface area contributed by atoms with Crippen molar-refractivity contribution in [2.75, 3.05) is 0 Å². The SMILES string of the molecule is CC(C)c1noc([C@@H](C)S(=O)(=O)Cc2cccc3ccccc23)n1. The highest BCUT2D eigenvalue weighted by Crippen LogP contribution is 2.28. The van der Waals surface area contributed by atoms with Crippen LogP contribution in [0.4, 0.5) is 0 Å². The summed E-state index contributed by atoms with van der Waals surface area (Å²) in [4.78, 5) is 4.22. The van der Waals surface area contributed by atoms with Crippen molar-refractivity contribution in [2.24, 2.45) is 0 Å². The number of rotatable bonds is 5. The maximum atomic E-state index is 12.8. The molecule has 1 heterocycles. The predicted octanol–water partition coefficient (Wildman–Crippen LogP) is 4.02. The zero-order valence-corrected chi connectivity index (χ0v) is 14.7. The number of fused-ring (bicyclic) bond motifs is 1. The molecule has 0 unspecified atom stereocenters. The van der Waals surface area contributed by atoms with Crippen molar-refractivity contribution in [2.45, 2.75) is 37.7 Å². The summed E-state index contributed by atoms with van der Waals surface area (Å²) in [5.74, 6) is 0.709. The first-order valence-electron chi connectivity index (χ1n) is 7.90. The van der Waals surface area contributed by atoms with Crippen LogP contribution in [-0.4, -0.2) is 18.6 Å². The lowest BCUT2D eigenvalue weighted by Gasteiger charge is -2.11. The molecule has 126 valence electrons. The third-order valence-corrected chi connectivity index (χ3v) is 6.09. The Balaban J connectivity index is 1.92. The van der Waals surface area contributed by atoms with Crippen LogP contribution in [0.25, 0.3) is 10.8 Å². The Hall–Kier alpha value is -2.21. The van der Waals surface area contributed by atoms with Crippen LogP contribution in [0.15, 0.2) is 47.0 Å². The summed E-state index contributed by atoms with van der Waals surface area (Å²) in [6, 6.07) is 13.5. The van der Waals surface area contributed by atoms with E-state index in [1.54, 1.807) is 6.92 Å². The molecular weight excluding hydrogens is 324 g/mol. The minimum Gasteiger partial charge on any atom is -0.338 e. The fraction of sp³-hybridized carbons (Fsp3) is 0.333. The highest BCUT2D eigenvalue weighted by Gasteiger charge is 2.29. The number of hydrogen-bond donors (Lipinski definition) is 0. The smallest absolute Gasteiger partial charge is 0.244 e. The second-order valence-corrected chi connectivity index (χ2v) is 8.55. The Morgan fingerprint density at radius 2 is 1.75 bits per heavy atom. The van der Waals surface area contributed by atoms with Crippen molar-refractivity contribution < 1.29 is 12.9 Å². The second kappa shape index (κ2) is 6.36. The van der Waals surface area contributed by atoms with Crippen molar-refractivity contribution in [3.8, 4) is 0 Å². The third-order valence-electron chi connectivity index (χ3n) is 4.10. The molecule has 3 aromatic rings. The van der Waals surface area contributed by atoms with Gasteiger partial charge in [-0.15, -0.1) is 0 Å². The van der Waals surface area contributed by atoms with Gasteiger partial charge in [-0.2, -0.15) is 4.98 Å². The number of hydrogen-bond acceptors (Lipinski definition) is 5. The minimum atomic E-state index is -3.47. The van der Waals surface area contributed by atoms with Crippen LogP contribution in [0.5, 0.6) is 0 Å². The van der Waals surface area contributed by atoms with Crippen molar-refractivity contribution in [1.82, 2.24) is 10.1 Å². The number of benzene rings is 2. The van der Waals surface area contributed by atoms with E-state index in [1.807, 2.05) is 56.3 Å². The van der Waals surface area contributed by atoms with Crippen LogP contribution in [-0.2, 0) is 15.6 Å². The molecule has 0 aliphatic rings. The molecule has 6 heteroatoms. The quantitative estimate of drug-likeness (QED) is 0.699. The Kier molecular flexibility index (Phi) is 4.41. The third kappa shape index (κ3) is 3.19. The molecule has 0 saturated carbocycles. The first-order valence-corrected chi connectivity index (χ1v) is 9.61. The van der Waals surface area contributed by atoms with Crippen molar-refractivity contribution in [3.63, 3.8) is 0 Å². The fourth-order valence-electron chi connectivity index (χ4n) is 2.56. The van der Waals surface area contributed by atoms with E-state index in [-0.39, 0.29) is 17.6 Å². The number of nitrogens with zero attached hydrogens (tertiary/aromatic N) is 2. The van der Waals surface area contributed by atoms with E-state index in [0.717, 1.165) is 16.3 Å². The molecule has 0 bridgehead atoms. The molecule has 24 heavy (non-hydrogen) atoms. The van der Waals surface area contributed by atoms with E-state index in [1.165, 1.54) is 0 Å².